The second kappa shape index (κ2) is 8.34. The van der Waals surface area contributed by atoms with Crippen molar-refractivity contribution in [1.29, 1.82) is 0 Å². The Morgan fingerprint density at radius 3 is 2.48 bits per heavy atom. The van der Waals surface area contributed by atoms with E-state index in [1.54, 1.807) is 12.1 Å². The third-order valence-electron chi connectivity index (χ3n) is 4.10. The summed E-state index contributed by atoms with van der Waals surface area (Å²) in [5, 5.41) is 0. The summed E-state index contributed by atoms with van der Waals surface area (Å²) in [6, 6.07) is 6.05. The molecule has 1 aliphatic carbocycles. The van der Waals surface area contributed by atoms with E-state index >= 15 is 0 Å². The van der Waals surface area contributed by atoms with Crippen LogP contribution >= 0.6 is 0 Å². The highest BCUT2D eigenvalue weighted by Crippen LogP contribution is 2.32. The van der Waals surface area contributed by atoms with Crippen molar-refractivity contribution >= 4 is 10.9 Å². The molecular formula is C15H22FNO3S. The van der Waals surface area contributed by atoms with Crippen molar-refractivity contribution in [2.24, 2.45) is 11.8 Å². The predicted molar refractivity (Wildman–Crippen MR) is 80.3 cm³/mol. The average Bonchev–Trinajstić information content (AvgIpc) is 2.47. The highest BCUT2D eigenvalue weighted by atomic mass is 32.2. The summed E-state index contributed by atoms with van der Waals surface area (Å²) in [7, 11) is -2.51. The van der Waals surface area contributed by atoms with Gasteiger partial charge >= 0.3 is 0 Å². The molecule has 6 heteroatoms. The number of halogens is 1. The Morgan fingerprint density at radius 1 is 1.14 bits per heavy atom. The lowest BCUT2D eigenvalue weighted by molar-refractivity contribution is 0.143. The van der Waals surface area contributed by atoms with Gasteiger partial charge in [0.25, 0.3) is 0 Å². The molecule has 1 N–H and O–H groups in total. The van der Waals surface area contributed by atoms with Crippen LogP contribution < -0.4 is 9.46 Å². The average molecular weight is 315 g/mol. The number of benzene rings is 1. The molecule has 118 valence electrons. The van der Waals surface area contributed by atoms with Gasteiger partial charge in [0, 0.05) is 6.54 Å². The Morgan fingerprint density at radius 2 is 1.81 bits per heavy atom. The number of hydrogen-bond donors (Lipinski definition) is 2. The molecule has 0 saturated heterocycles. The fraction of sp³-hybridized carbons (Fsp3) is 0.600. The molecule has 2 unspecified atom stereocenters. The van der Waals surface area contributed by atoms with Gasteiger partial charge in [-0.05, 0) is 48.9 Å². The Balaban J connectivity index is 1.82. The highest BCUT2D eigenvalue weighted by Gasteiger charge is 2.25. The number of nitrogens with one attached hydrogen (secondary N) is 1. The molecule has 1 saturated carbocycles. The summed E-state index contributed by atoms with van der Waals surface area (Å²) in [5.74, 6) is 1.34. The Bertz CT molecular complexity index is 496. The Kier molecular flexibility index (Phi) is 6.45. The maximum atomic E-state index is 12.8. The van der Waals surface area contributed by atoms with E-state index in [9.17, 15) is 12.8 Å². The van der Waals surface area contributed by atoms with Crippen molar-refractivity contribution in [2.75, 3.05) is 13.2 Å². The van der Waals surface area contributed by atoms with Gasteiger partial charge in [0.05, 0.1) is 6.61 Å². The monoisotopic (exact) mass is 315 g/mol. The van der Waals surface area contributed by atoms with Crippen LogP contribution in [0.2, 0.25) is 0 Å². The second-order valence-electron chi connectivity index (χ2n) is 5.52. The lowest BCUT2D eigenvalue weighted by Gasteiger charge is -2.31. The highest BCUT2D eigenvalue weighted by molar-refractivity contribution is 7.70. The molecule has 1 aromatic carbocycles. The summed E-state index contributed by atoms with van der Waals surface area (Å²) in [5.41, 5.74) is 0. The number of ether oxygens (including phenoxy) is 1. The minimum Gasteiger partial charge on any atom is -0.493 e. The molecule has 1 aromatic rings. The molecule has 0 spiro atoms. The van der Waals surface area contributed by atoms with Gasteiger partial charge in [-0.3, -0.25) is 0 Å². The van der Waals surface area contributed by atoms with Crippen LogP contribution in [0.5, 0.6) is 5.75 Å². The van der Waals surface area contributed by atoms with Crippen molar-refractivity contribution in [3.8, 4) is 5.75 Å². The lowest BCUT2D eigenvalue weighted by atomic mass is 9.78. The molecule has 0 aliphatic heterocycles. The summed E-state index contributed by atoms with van der Waals surface area (Å²) >= 11 is 0. The first-order chi connectivity index (χ1) is 10.1. The van der Waals surface area contributed by atoms with Crippen molar-refractivity contribution in [1.82, 2.24) is 4.72 Å². The van der Waals surface area contributed by atoms with Crippen molar-refractivity contribution in [2.45, 2.75) is 32.1 Å². The first kappa shape index (κ1) is 16.2. The van der Waals surface area contributed by atoms with Crippen molar-refractivity contribution in [3.05, 3.63) is 30.1 Å². The van der Waals surface area contributed by atoms with Crippen LogP contribution in [0.1, 0.15) is 32.1 Å². The quantitative estimate of drug-likeness (QED) is 0.760. The van der Waals surface area contributed by atoms with Gasteiger partial charge in [0.15, 0.2) is 0 Å². The minimum atomic E-state index is -2.51. The van der Waals surface area contributed by atoms with E-state index in [0.717, 1.165) is 19.3 Å². The molecule has 0 amide bonds. The summed E-state index contributed by atoms with van der Waals surface area (Å²) < 4.78 is 42.1. The summed E-state index contributed by atoms with van der Waals surface area (Å²) in [6.45, 7) is 1.11. The van der Waals surface area contributed by atoms with E-state index in [2.05, 4.69) is 4.72 Å². The molecule has 1 fully saturated rings. The van der Waals surface area contributed by atoms with Gasteiger partial charge in [0.1, 0.15) is 11.6 Å². The Hall–Kier alpha value is -1.14. The van der Waals surface area contributed by atoms with E-state index < -0.39 is 10.9 Å². The maximum Gasteiger partial charge on any atom is 0.201 e. The van der Waals surface area contributed by atoms with Gasteiger partial charge in [0.2, 0.25) is 10.9 Å². The molecule has 0 aromatic heterocycles. The predicted octanol–water partition coefficient (Wildman–Crippen LogP) is 2.52. The molecule has 1 aliphatic rings. The van der Waals surface area contributed by atoms with Crippen LogP contribution in [-0.2, 0) is 10.9 Å². The summed E-state index contributed by atoms with van der Waals surface area (Å²) in [4.78, 5) is 0. The fourth-order valence-corrected chi connectivity index (χ4v) is 3.27. The lowest BCUT2D eigenvalue weighted by Crippen LogP contribution is -2.28. The van der Waals surface area contributed by atoms with Crippen molar-refractivity contribution < 1.29 is 17.5 Å². The SMILES string of the molecule is O=[SH](=O)NCCC1CCCCC1COc1ccc(F)cc1. The zero-order valence-corrected chi connectivity index (χ0v) is 12.9. The van der Waals surface area contributed by atoms with Crippen LogP contribution in [0.25, 0.3) is 0 Å². The van der Waals surface area contributed by atoms with Gasteiger partial charge < -0.3 is 4.74 Å². The normalized spacial score (nSPS) is 22.4. The molecule has 0 heterocycles. The van der Waals surface area contributed by atoms with E-state index in [0.29, 0.717) is 30.7 Å². The van der Waals surface area contributed by atoms with E-state index in [1.165, 1.54) is 25.0 Å². The zero-order valence-electron chi connectivity index (χ0n) is 12.0. The molecule has 0 radical (unpaired) electrons. The number of hydrogen-bond acceptors (Lipinski definition) is 3. The second-order valence-corrected chi connectivity index (χ2v) is 6.35. The molecule has 4 nitrogen and oxygen atoms in total. The molecular weight excluding hydrogens is 293 g/mol. The molecule has 2 atom stereocenters. The fourth-order valence-electron chi connectivity index (χ4n) is 2.96. The molecule has 0 bridgehead atoms. The summed E-state index contributed by atoms with van der Waals surface area (Å²) in [6.07, 6.45) is 5.46. The van der Waals surface area contributed by atoms with E-state index in [4.69, 9.17) is 4.74 Å². The van der Waals surface area contributed by atoms with Crippen LogP contribution in [0, 0.1) is 17.7 Å². The van der Waals surface area contributed by atoms with Crippen LogP contribution in [0.15, 0.2) is 24.3 Å². The first-order valence-electron chi connectivity index (χ1n) is 7.41. The minimum absolute atomic E-state index is 0.268. The zero-order chi connectivity index (χ0) is 15.1. The van der Waals surface area contributed by atoms with E-state index in [1.807, 2.05) is 0 Å². The topological polar surface area (TPSA) is 55.4 Å². The molecule has 21 heavy (non-hydrogen) atoms. The number of thiol groups is 1. The standard InChI is InChI=1S/C15H22FNO3S/c16-14-5-7-15(8-6-14)20-11-13-4-2-1-3-12(13)9-10-17-21(18)19/h5-8,12-13,21H,1-4,9-11H2,(H,17,18,19). The largest absolute Gasteiger partial charge is 0.493 e. The van der Waals surface area contributed by atoms with Gasteiger partial charge in [-0.25, -0.2) is 17.5 Å². The van der Waals surface area contributed by atoms with Gasteiger partial charge in [-0.1, -0.05) is 19.3 Å². The van der Waals surface area contributed by atoms with Crippen LogP contribution in [-0.4, -0.2) is 21.6 Å². The van der Waals surface area contributed by atoms with Crippen LogP contribution in [0.3, 0.4) is 0 Å². The van der Waals surface area contributed by atoms with E-state index in [-0.39, 0.29) is 5.82 Å². The van der Waals surface area contributed by atoms with Crippen LogP contribution in [0.4, 0.5) is 4.39 Å². The smallest absolute Gasteiger partial charge is 0.201 e. The first-order valence-corrected chi connectivity index (χ1v) is 8.59. The van der Waals surface area contributed by atoms with Gasteiger partial charge in [-0.2, -0.15) is 0 Å². The third kappa shape index (κ3) is 5.63. The van der Waals surface area contributed by atoms with Crippen molar-refractivity contribution in [3.63, 3.8) is 0 Å². The Labute approximate surface area is 126 Å². The number of rotatable bonds is 7. The molecule has 2 rings (SSSR count). The maximum absolute atomic E-state index is 12.8. The van der Waals surface area contributed by atoms with Gasteiger partial charge in [-0.15, -0.1) is 0 Å². The third-order valence-corrected chi connectivity index (χ3v) is 4.58.